The molecule has 0 heterocycles. The molecule has 2 aromatic carbocycles. The number of esters is 1. The van der Waals surface area contributed by atoms with E-state index in [1.54, 1.807) is 0 Å². The molecule has 1 amide bonds. The fraction of sp³-hybridized carbons (Fsp3) is 0.176. The average molecular weight is 431 g/mol. The second-order valence-corrected chi connectivity index (χ2v) is 8.03. The zero-order chi connectivity index (χ0) is 20.2. The summed E-state index contributed by atoms with van der Waals surface area (Å²) in [5.41, 5.74) is 0.595. The number of nitrogens with one attached hydrogen (secondary N) is 2. The van der Waals surface area contributed by atoms with Crippen LogP contribution in [0.1, 0.15) is 17.3 Å². The van der Waals surface area contributed by atoms with Gasteiger partial charge in [0, 0.05) is 10.7 Å². The maximum absolute atomic E-state index is 12.3. The minimum Gasteiger partial charge on any atom is -0.468 e. The molecule has 0 spiro atoms. The summed E-state index contributed by atoms with van der Waals surface area (Å²) in [5.74, 6) is -1.17. The standard InChI is InChI=1S/C17H16Cl2N2O5S/c1-10(17(23)26-2)21-27(24,25)13-6-4-12(5-7-13)20-16(22)14-8-3-11(18)9-15(14)19/h3-10,21H,1-2H3,(H,20,22). The van der Waals surface area contributed by atoms with E-state index in [9.17, 15) is 18.0 Å². The number of carbonyl (C=O) groups excluding carboxylic acids is 2. The van der Waals surface area contributed by atoms with Gasteiger partial charge < -0.3 is 10.1 Å². The Labute approximate surface area is 166 Å². The number of amides is 1. The van der Waals surface area contributed by atoms with Crippen LogP contribution >= 0.6 is 23.2 Å². The summed E-state index contributed by atoms with van der Waals surface area (Å²) in [6.07, 6.45) is 0. The first-order valence-electron chi connectivity index (χ1n) is 7.60. The predicted molar refractivity (Wildman–Crippen MR) is 103 cm³/mol. The number of sulfonamides is 1. The molecule has 0 aliphatic heterocycles. The van der Waals surface area contributed by atoms with Crippen LogP contribution in [0, 0.1) is 0 Å². The zero-order valence-electron chi connectivity index (χ0n) is 14.3. The highest BCUT2D eigenvalue weighted by Crippen LogP contribution is 2.22. The summed E-state index contributed by atoms with van der Waals surface area (Å²) in [4.78, 5) is 23.6. The third kappa shape index (κ3) is 5.43. The van der Waals surface area contributed by atoms with Gasteiger partial charge in [0.25, 0.3) is 5.91 Å². The van der Waals surface area contributed by atoms with E-state index < -0.39 is 27.9 Å². The maximum Gasteiger partial charge on any atom is 0.323 e. The van der Waals surface area contributed by atoms with Gasteiger partial charge in [0.15, 0.2) is 0 Å². The third-order valence-corrected chi connectivity index (χ3v) is 5.59. The molecule has 2 aromatic rings. The molecule has 7 nitrogen and oxygen atoms in total. The summed E-state index contributed by atoms with van der Waals surface area (Å²) in [6.45, 7) is 1.37. The Kier molecular flexibility index (Phi) is 6.83. The summed E-state index contributed by atoms with van der Waals surface area (Å²) in [6, 6.07) is 8.85. The quantitative estimate of drug-likeness (QED) is 0.685. The van der Waals surface area contributed by atoms with Crippen molar-refractivity contribution in [3.63, 3.8) is 0 Å². The Morgan fingerprint density at radius 2 is 1.70 bits per heavy atom. The Morgan fingerprint density at radius 3 is 2.26 bits per heavy atom. The molecule has 0 aliphatic carbocycles. The highest BCUT2D eigenvalue weighted by molar-refractivity contribution is 7.89. The first-order valence-corrected chi connectivity index (χ1v) is 9.84. The molecule has 2 rings (SSSR count). The predicted octanol–water partition coefficient (Wildman–Crippen LogP) is 3.09. The minimum atomic E-state index is -3.92. The first-order chi connectivity index (χ1) is 12.6. The van der Waals surface area contributed by atoms with Gasteiger partial charge >= 0.3 is 5.97 Å². The van der Waals surface area contributed by atoms with Crippen molar-refractivity contribution in [3.8, 4) is 0 Å². The third-order valence-electron chi connectivity index (χ3n) is 3.48. The zero-order valence-corrected chi connectivity index (χ0v) is 16.7. The highest BCUT2D eigenvalue weighted by atomic mass is 35.5. The molecule has 0 saturated heterocycles. The van der Waals surface area contributed by atoms with Crippen molar-refractivity contribution in [2.24, 2.45) is 0 Å². The molecule has 27 heavy (non-hydrogen) atoms. The molecule has 144 valence electrons. The molecular weight excluding hydrogens is 415 g/mol. The molecule has 0 aromatic heterocycles. The molecule has 10 heteroatoms. The number of rotatable bonds is 6. The number of anilines is 1. The molecule has 0 saturated carbocycles. The van der Waals surface area contributed by atoms with Gasteiger partial charge in [-0.2, -0.15) is 4.72 Å². The van der Waals surface area contributed by atoms with E-state index in [4.69, 9.17) is 23.2 Å². The van der Waals surface area contributed by atoms with Gasteiger partial charge in [-0.15, -0.1) is 0 Å². The van der Waals surface area contributed by atoms with E-state index in [1.165, 1.54) is 49.4 Å². The second-order valence-electron chi connectivity index (χ2n) is 5.47. The molecule has 0 aliphatic rings. The van der Waals surface area contributed by atoms with Crippen LogP contribution in [0.5, 0.6) is 0 Å². The lowest BCUT2D eigenvalue weighted by Gasteiger charge is -2.12. The SMILES string of the molecule is COC(=O)C(C)NS(=O)(=O)c1ccc(NC(=O)c2ccc(Cl)cc2Cl)cc1. The van der Waals surface area contributed by atoms with Crippen molar-refractivity contribution >= 4 is 50.8 Å². The lowest BCUT2D eigenvalue weighted by Crippen LogP contribution is -2.39. The summed E-state index contributed by atoms with van der Waals surface area (Å²) < 4.78 is 31.2. The van der Waals surface area contributed by atoms with Crippen molar-refractivity contribution in [2.45, 2.75) is 17.9 Å². The van der Waals surface area contributed by atoms with E-state index in [0.29, 0.717) is 10.7 Å². The molecule has 0 radical (unpaired) electrons. The van der Waals surface area contributed by atoms with E-state index in [2.05, 4.69) is 14.8 Å². The van der Waals surface area contributed by atoms with Gasteiger partial charge in [-0.25, -0.2) is 8.42 Å². The molecule has 0 fully saturated rings. The van der Waals surface area contributed by atoms with Crippen LogP contribution in [0.4, 0.5) is 5.69 Å². The lowest BCUT2D eigenvalue weighted by atomic mass is 10.2. The number of hydrogen-bond acceptors (Lipinski definition) is 5. The number of ether oxygens (including phenoxy) is 1. The largest absolute Gasteiger partial charge is 0.468 e. The van der Waals surface area contributed by atoms with Crippen LogP contribution < -0.4 is 10.0 Å². The van der Waals surface area contributed by atoms with Crippen LogP contribution in [0.25, 0.3) is 0 Å². The monoisotopic (exact) mass is 430 g/mol. The number of hydrogen-bond donors (Lipinski definition) is 2. The number of benzene rings is 2. The number of halogens is 2. The smallest absolute Gasteiger partial charge is 0.323 e. The van der Waals surface area contributed by atoms with E-state index >= 15 is 0 Å². The van der Waals surface area contributed by atoms with E-state index in [1.807, 2.05) is 0 Å². The Hall–Kier alpha value is -2.13. The number of methoxy groups -OCH3 is 1. The van der Waals surface area contributed by atoms with Gasteiger partial charge in [-0.1, -0.05) is 23.2 Å². The molecule has 1 unspecified atom stereocenters. The van der Waals surface area contributed by atoms with Crippen LogP contribution in [0.2, 0.25) is 10.0 Å². The van der Waals surface area contributed by atoms with Crippen molar-refractivity contribution in [1.82, 2.24) is 4.72 Å². The van der Waals surface area contributed by atoms with Crippen LogP contribution in [-0.2, 0) is 19.6 Å². The lowest BCUT2D eigenvalue weighted by molar-refractivity contribution is -0.142. The summed E-state index contributed by atoms with van der Waals surface area (Å²) in [7, 11) is -2.76. The van der Waals surface area contributed by atoms with Gasteiger partial charge in [-0.3, -0.25) is 9.59 Å². The topological polar surface area (TPSA) is 102 Å². The number of carbonyl (C=O) groups is 2. The normalized spacial score (nSPS) is 12.3. The van der Waals surface area contributed by atoms with Crippen LogP contribution in [-0.4, -0.2) is 33.4 Å². The second kappa shape index (κ2) is 8.71. The van der Waals surface area contributed by atoms with E-state index in [-0.39, 0.29) is 15.5 Å². The fourth-order valence-corrected chi connectivity index (χ4v) is 3.80. The average Bonchev–Trinajstić information content (AvgIpc) is 2.60. The Balaban J connectivity index is 2.12. The van der Waals surface area contributed by atoms with Gasteiger partial charge in [0.1, 0.15) is 6.04 Å². The fourth-order valence-electron chi connectivity index (χ4n) is 2.12. The van der Waals surface area contributed by atoms with Gasteiger partial charge in [0.2, 0.25) is 10.0 Å². The highest BCUT2D eigenvalue weighted by Gasteiger charge is 2.22. The summed E-state index contributed by atoms with van der Waals surface area (Å²) in [5, 5.41) is 3.21. The molecule has 0 bridgehead atoms. The van der Waals surface area contributed by atoms with Gasteiger partial charge in [-0.05, 0) is 49.4 Å². The Morgan fingerprint density at radius 1 is 1.07 bits per heavy atom. The van der Waals surface area contributed by atoms with Crippen molar-refractivity contribution in [2.75, 3.05) is 12.4 Å². The van der Waals surface area contributed by atoms with Crippen molar-refractivity contribution < 1.29 is 22.7 Å². The van der Waals surface area contributed by atoms with E-state index in [0.717, 1.165) is 7.11 Å². The van der Waals surface area contributed by atoms with Crippen LogP contribution in [0.15, 0.2) is 47.4 Å². The van der Waals surface area contributed by atoms with Crippen molar-refractivity contribution in [3.05, 3.63) is 58.1 Å². The van der Waals surface area contributed by atoms with Crippen molar-refractivity contribution in [1.29, 1.82) is 0 Å². The molecule has 1 atom stereocenters. The van der Waals surface area contributed by atoms with Crippen LogP contribution in [0.3, 0.4) is 0 Å². The molecule has 2 N–H and O–H groups in total. The maximum atomic E-state index is 12.3. The van der Waals surface area contributed by atoms with Gasteiger partial charge in [0.05, 0.1) is 22.6 Å². The summed E-state index contributed by atoms with van der Waals surface area (Å²) >= 11 is 11.8. The first kappa shape index (κ1) is 21.2. The minimum absolute atomic E-state index is 0.0687. The molecular formula is C17H16Cl2N2O5S. The Bertz CT molecular complexity index is 962.